The monoisotopic (exact) mass is 245 g/mol. The van der Waals surface area contributed by atoms with E-state index in [9.17, 15) is 9.18 Å². The van der Waals surface area contributed by atoms with Crippen molar-refractivity contribution in [3.63, 3.8) is 0 Å². The van der Waals surface area contributed by atoms with E-state index in [1.54, 1.807) is 6.92 Å². The third kappa shape index (κ3) is 3.06. The van der Waals surface area contributed by atoms with Crippen molar-refractivity contribution >= 4 is 23.2 Å². The zero-order chi connectivity index (χ0) is 12.1. The highest BCUT2D eigenvalue weighted by Gasteiger charge is 2.13. The Kier molecular flexibility index (Phi) is 4.49. The van der Waals surface area contributed by atoms with Crippen LogP contribution in [0.1, 0.15) is 17.3 Å². The molecule has 4 nitrogen and oxygen atoms in total. The van der Waals surface area contributed by atoms with E-state index < -0.39 is 6.67 Å². The number of carbonyl (C=O) groups excluding carboxylic acids is 1. The highest BCUT2D eigenvalue weighted by Crippen LogP contribution is 2.19. The number of nitrogens with zero attached hydrogens (tertiary/aromatic N) is 1. The number of aromatic nitrogens is 1. The largest absolute Gasteiger partial charge is 0.379 e. The quantitative estimate of drug-likeness (QED) is 0.797. The number of nitrogens with one attached hydrogen (secondary N) is 2. The summed E-state index contributed by atoms with van der Waals surface area (Å²) in [6.45, 7) is 1.13. The van der Waals surface area contributed by atoms with Crippen LogP contribution in [0.4, 0.5) is 10.1 Å². The Morgan fingerprint density at radius 2 is 2.38 bits per heavy atom. The molecule has 0 saturated carbocycles. The van der Waals surface area contributed by atoms with Crippen molar-refractivity contribution in [2.24, 2.45) is 0 Å². The predicted molar refractivity (Wildman–Crippen MR) is 61.7 cm³/mol. The first-order chi connectivity index (χ1) is 7.58. The van der Waals surface area contributed by atoms with Gasteiger partial charge < -0.3 is 10.6 Å². The molecule has 1 aromatic rings. The van der Waals surface area contributed by atoms with Gasteiger partial charge in [0.15, 0.2) is 0 Å². The molecule has 16 heavy (non-hydrogen) atoms. The number of amides is 1. The predicted octanol–water partition coefficient (Wildman–Crippen LogP) is 1.86. The molecule has 0 aromatic carbocycles. The minimum atomic E-state index is -0.535. The molecule has 0 saturated heterocycles. The molecule has 0 aliphatic heterocycles. The highest BCUT2D eigenvalue weighted by atomic mass is 35.5. The van der Waals surface area contributed by atoms with Crippen LogP contribution in [-0.4, -0.2) is 30.7 Å². The van der Waals surface area contributed by atoms with E-state index in [4.69, 9.17) is 11.6 Å². The Labute approximate surface area is 98.2 Å². The summed E-state index contributed by atoms with van der Waals surface area (Å²) in [5.41, 5.74) is 0.816. The lowest BCUT2D eigenvalue weighted by Crippen LogP contribution is -2.23. The summed E-state index contributed by atoms with van der Waals surface area (Å²) in [7, 11) is 1.51. The van der Waals surface area contributed by atoms with Crippen LogP contribution in [0.3, 0.4) is 0 Å². The number of carbonyl (C=O) groups is 1. The van der Waals surface area contributed by atoms with Crippen molar-refractivity contribution in [2.75, 3.05) is 19.0 Å². The van der Waals surface area contributed by atoms with Crippen molar-refractivity contribution in [2.45, 2.75) is 13.0 Å². The van der Waals surface area contributed by atoms with Gasteiger partial charge in [0.1, 0.15) is 11.8 Å². The van der Waals surface area contributed by atoms with Gasteiger partial charge in [0.05, 0.1) is 17.3 Å². The molecule has 2 N–H and O–H groups in total. The van der Waals surface area contributed by atoms with Gasteiger partial charge >= 0.3 is 0 Å². The maximum Gasteiger partial charge on any atom is 0.254 e. The van der Waals surface area contributed by atoms with Gasteiger partial charge in [-0.1, -0.05) is 11.6 Å². The lowest BCUT2D eigenvalue weighted by Gasteiger charge is -2.14. The molecule has 1 heterocycles. The molecule has 1 amide bonds. The van der Waals surface area contributed by atoms with Crippen LogP contribution in [0.15, 0.2) is 12.3 Å². The minimum absolute atomic E-state index is 0.251. The van der Waals surface area contributed by atoms with Crippen LogP contribution in [0, 0.1) is 0 Å². The average Bonchev–Trinajstić information content (AvgIpc) is 2.28. The number of alkyl halides is 1. The molecule has 0 bridgehead atoms. The van der Waals surface area contributed by atoms with Crippen LogP contribution >= 0.6 is 11.6 Å². The van der Waals surface area contributed by atoms with E-state index in [0.717, 1.165) is 0 Å². The van der Waals surface area contributed by atoms with Gasteiger partial charge in [-0.15, -0.1) is 0 Å². The molecule has 1 rings (SSSR count). The highest BCUT2D eigenvalue weighted by molar-refractivity contribution is 6.29. The number of hydrogen-bond acceptors (Lipinski definition) is 3. The lowest BCUT2D eigenvalue weighted by molar-refractivity contribution is 0.0963. The standard InChI is InChI=1S/C10H13ClFN3O/c1-6(4-12)15-8-3-9(11)14-5-7(8)10(16)13-2/h3,5-6H,4H2,1-2H3,(H,13,16)(H,14,15). The normalized spacial score (nSPS) is 12.0. The van der Waals surface area contributed by atoms with E-state index in [1.807, 2.05) is 0 Å². The van der Waals surface area contributed by atoms with Gasteiger partial charge in [-0.05, 0) is 13.0 Å². The number of rotatable bonds is 4. The molecular formula is C10H13ClFN3O. The van der Waals surface area contributed by atoms with Crippen molar-refractivity contribution in [1.29, 1.82) is 0 Å². The molecule has 1 unspecified atom stereocenters. The van der Waals surface area contributed by atoms with Gasteiger partial charge in [0.2, 0.25) is 0 Å². The van der Waals surface area contributed by atoms with Crippen LogP contribution in [0.5, 0.6) is 0 Å². The molecule has 0 aliphatic carbocycles. The molecule has 88 valence electrons. The number of halogens is 2. The maximum atomic E-state index is 12.4. The Balaban J connectivity index is 3.03. The van der Waals surface area contributed by atoms with E-state index in [1.165, 1.54) is 19.3 Å². The molecule has 6 heteroatoms. The minimum Gasteiger partial charge on any atom is -0.379 e. The van der Waals surface area contributed by atoms with E-state index in [0.29, 0.717) is 11.3 Å². The summed E-state index contributed by atoms with van der Waals surface area (Å²) in [5, 5.41) is 5.58. The fourth-order valence-corrected chi connectivity index (χ4v) is 1.33. The molecule has 0 spiro atoms. The summed E-state index contributed by atoms with van der Waals surface area (Å²) < 4.78 is 12.4. The first-order valence-electron chi connectivity index (χ1n) is 4.78. The smallest absolute Gasteiger partial charge is 0.254 e. The topological polar surface area (TPSA) is 54.0 Å². The maximum absolute atomic E-state index is 12.4. The van der Waals surface area contributed by atoms with Gasteiger partial charge in [-0.3, -0.25) is 4.79 Å². The van der Waals surface area contributed by atoms with Crippen molar-refractivity contribution in [1.82, 2.24) is 10.3 Å². The van der Waals surface area contributed by atoms with E-state index >= 15 is 0 Å². The Morgan fingerprint density at radius 3 is 2.94 bits per heavy atom. The first kappa shape index (κ1) is 12.7. The number of pyridine rings is 1. The molecule has 0 aliphatic rings. The molecule has 1 atom stereocenters. The molecular weight excluding hydrogens is 233 g/mol. The van der Waals surface area contributed by atoms with E-state index in [2.05, 4.69) is 15.6 Å². The van der Waals surface area contributed by atoms with Gasteiger partial charge in [0, 0.05) is 13.2 Å². The van der Waals surface area contributed by atoms with Crippen molar-refractivity contribution in [3.05, 3.63) is 23.0 Å². The fourth-order valence-electron chi connectivity index (χ4n) is 1.17. The van der Waals surface area contributed by atoms with Crippen LogP contribution < -0.4 is 10.6 Å². The Bertz CT molecular complexity index is 386. The van der Waals surface area contributed by atoms with Crippen LogP contribution in [0.2, 0.25) is 5.15 Å². The number of hydrogen-bond donors (Lipinski definition) is 2. The third-order valence-corrected chi connectivity index (χ3v) is 2.18. The fraction of sp³-hybridized carbons (Fsp3) is 0.400. The molecule has 0 fully saturated rings. The van der Waals surface area contributed by atoms with Crippen molar-refractivity contribution in [3.8, 4) is 0 Å². The van der Waals surface area contributed by atoms with Crippen LogP contribution in [0.25, 0.3) is 0 Å². The summed E-state index contributed by atoms with van der Waals surface area (Å²) >= 11 is 5.71. The first-order valence-corrected chi connectivity index (χ1v) is 5.16. The SMILES string of the molecule is CNC(=O)c1cnc(Cl)cc1NC(C)CF. The number of anilines is 1. The summed E-state index contributed by atoms with van der Waals surface area (Å²) in [5.74, 6) is -0.294. The van der Waals surface area contributed by atoms with Crippen molar-refractivity contribution < 1.29 is 9.18 Å². The summed E-state index contributed by atoms with van der Waals surface area (Å²) in [6.07, 6.45) is 1.36. The zero-order valence-electron chi connectivity index (χ0n) is 9.05. The summed E-state index contributed by atoms with van der Waals surface area (Å²) in [6, 6.07) is 1.11. The van der Waals surface area contributed by atoms with Gasteiger partial charge in [-0.2, -0.15) is 0 Å². The third-order valence-electron chi connectivity index (χ3n) is 1.98. The second kappa shape index (κ2) is 5.65. The lowest BCUT2D eigenvalue weighted by atomic mass is 10.2. The second-order valence-corrected chi connectivity index (χ2v) is 3.72. The average molecular weight is 246 g/mol. The zero-order valence-corrected chi connectivity index (χ0v) is 9.81. The molecule has 0 radical (unpaired) electrons. The van der Waals surface area contributed by atoms with E-state index in [-0.39, 0.29) is 17.1 Å². The van der Waals surface area contributed by atoms with Gasteiger partial charge in [-0.25, -0.2) is 9.37 Å². The Hall–Kier alpha value is -1.36. The van der Waals surface area contributed by atoms with Crippen LogP contribution in [-0.2, 0) is 0 Å². The molecule has 1 aromatic heterocycles. The van der Waals surface area contributed by atoms with Gasteiger partial charge in [0.25, 0.3) is 5.91 Å². The second-order valence-electron chi connectivity index (χ2n) is 3.33. The Morgan fingerprint density at radius 1 is 1.69 bits per heavy atom. The summed E-state index contributed by atoms with van der Waals surface area (Å²) in [4.78, 5) is 15.3.